The first kappa shape index (κ1) is 20.0. The lowest BCUT2D eigenvalue weighted by Crippen LogP contribution is -2.00. The zero-order chi connectivity index (χ0) is 22.0. The van der Waals surface area contributed by atoms with E-state index in [-0.39, 0.29) is 0 Å². The zero-order valence-corrected chi connectivity index (χ0v) is 17.5. The second-order valence-corrected chi connectivity index (χ2v) is 6.53. The normalized spacial score (nSPS) is 10.5. The number of anilines is 2. The molecular weight excluding hydrogens is 398 g/mol. The van der Waals surface area contributed by atoms with E-state index in [0.717, 1.165) is 5.56 Å². The minimum atomic E-state index is 0.427. The van der Waals surface area contributed by atoms with Gasteiger partial charge in [0.2, 0.25) is 0 Å². The van der Waals surface area contributed by atoms with Crippen molar-refractivity contribution in [2.24, 2.45) is 0 Å². The Balaban J connectivity index is 1.89. The van der Waals surface area contributed by atoms with Crippen molar-refractivity contribution in [1.29, 1.82) is 5.26 Å². The number of ether oxygens (including phenoxy) is 4. The van der Waals surface area contributed by atoms with Crippen molar-refractivity contribution in [3.05, 3.63) is 48.2 Å². The van der Waals surface area contributed by atoms with Gasteiger partial charge in [0.1, 0.15) is 28.8 Å². The summed E-state index contributed by atoms with van der Waals surface area (Å²) in [5.74, 6) is 3.09. The minimum absolute atomic E-state index is 0.427. The van der Waals surface area contributed by atoms with Gasteiger partial charge in [-0.1, -0.05) is 0 Å². The number of hydrogen-bond acceptors (Lipinski definition) is 7. The molecule has 4 rings (SSSR count). The van der Waals surface area contributed by atoms with Crippen molar-refractivity contribution in [2.75, 3.05) is 33.8 Å². The molecule has 0 amide bonds. The van der Waals surface area contributed by atoms with Gasteiger partial charge >= 0.3 is 0 Å². The van der Waals surface area contributed by atoms with Crippen LogP contribution in [0.1, 0.15) is 5.56 Å². The standard InChI is InChI=1S/C22H21N5O4/c1-28-15-6-7-16(18(10-15)30-3)25-22-20(26-21-14(11-23)12-24-27(21)22)13-5-8-17(29-2)19(9-13)31-4/h5-10,12,24-25H,1-4H3. The molecule has 0 spiro atoms. The molecule has 0 fully saturated rings. The Morgan fingerprint density at radius 2 is 1.71 bits per heavy atom. The molecule has 0 unspecified atom stereocenters. The van der Waals surface area contributed by atoms with Gasteiger partial charge in [-0.05, 0) is 30.3 Å². The molecule has 0 bridgehead atoms. The zero-order valence-electron chi connectivity index (χ0n) is 17.5. The van der Waals surface area contributed by atoms with Gasteiger partial charge in [-0.3, -0.25) is 5.10 Å². The van der Waals surface area contributed by atoms with E-state index in [1.54, 1.807) is 45.2 Å². The fraction of sp³-hybridized carbons (Fsp3) is 0.182. The first-order chi connectivity index (χ1) is 15.1. The van der Waals surface area contributed by atoms with Crippen molar-refractivity contribution in [2.45, 2.75) is 0 Å². The number of imidazole rings is 1. The summed E-state index contributed by atoms with van der Waals surface area (Å²) >= 11 is 0. The maximum Gasteiger partial charge on any atom is 0.173 e. The van der Waals surface area contributed by atoms with Crippen LogP contribution in [0, 0.1) is 11.3 Å². The van der Waals surface area contributed by atoms with Crippen LogP contribution in [0.3, 0.4) is 0 Å². The van der Waals surface area contributed by atoms with Gasteiger partial charge in [0.25, 0.3) is 0 Å². The van der Waals surface area contributed by atoms with Gasteiger partial charge in [-0.25, -0.2) is 9.50 Å². The van der Waals surface area contributed by atoms with E-state index in [4.69, 9.17) is 23.9 Å². The Bertz CT molecular complexity index is 1290. The topological polar surface area (TPSA) is 106 Å². The van der Waals surface area contributed by atoms with Crippen LogP contribution in [-0.4, -0.2) is 43.0 Å². The molecule has 0 saturated heterocycles. The summed E-state index contributed by atoms with van der Waals surface area (Å²) in [6, 6.07) is 13.1. The SMILES string of the molecule is COc1ccc(Nc2c(-c3ccc(OC)c(OC)c3)nc3c(C#N)c[nH]n23)c(OC)c1. The Labute approximate surface area is 178 Å². The van der Waals surface area contributed by atoms with E-state index in [1.165, 1.54) is 0 Å². The number of nitrogens with zero attached hydrogens (tertiary/aromatic N) is 3. The molecule has 2 N–H and O–H groups in total. The minimum Gasteiger partial charge on any atom is -0.497 e. The highest BCUT2D eigenvalue weighted by atomic mass is 16.5. The lowest BCUT2D eigenvalue weighted by Gasteiger charge is -2.14. The van der Waals surface area contributed by atoms with E-state index in [1.807, 2.05) is 30.3 Å². The number of hydrogen-bond donors (Lipinski definition) is 2. The highest BCUT2D eigenvalue weighted by molar-refractivity contribution is 5.83. The van der Waals surface area contributed by atoms with Gasteiger partial charge in [-0.2, -0.15) is 5.26 Å². The molecule has 2 aromatic heterocycles. The van der Waals surface area contributed by atoms with E-state index in [0.29, 0.717) is 51.4 Å². The summed E-state index contributed by atoms with van der Waals surface area (Å²) in [6.07, 6.45) is 1.61. The maximum absolute atomic E-state index is 9.46. The summed E-state index contributed by atoms with van der Waals surface area (Å²) < 4.78 is 23.3. The predicted octanol–water partition coefficient (Wildman–Crippen LogP) is 3.98. The summed E-state index contributed by atoms with van der Waals surface area (Å²) in [7, 11) is 6.34. The number of aromatic amines is 1. The number of benzene rings is 2. The molecule has 0 saturated carbocycles. The third-order valence-corrected chi connectivity index (χ3v) is 4.90. The second kappa shape index (κ2) is 8.20. The quantitative estimate of drug-likeness (QED) is 0.467. The monoisotopic (exact) mass is 419 g/mol. The van der Waals surface area contributed by atoms with Crippen LogP contribution in [0.15, 0.2) is 42.6 Å². The molecule has 9 nitrogen and oxygen atoms in total. The van der Waals surface area contributed by atoms with Crippen molar-refractivity contribution < 1.29 is 18.9 Å². The van der Waals surface area contributed by atoms with Gasteiger partial charge in [0.15, 0.2) is 23.0 Å². The van der Waals surface area contributed by atoms with Crippen LogP contribution in [0.5, 0.6) is 23.0 Å². The molecule has 2 heterocycles. The van der Waals surface area contributed by atoms with Crippen molar-refractivity contribution in [3.8, 4) is 40.3 Å². The molecule has 0 atom stereocenters. The van der Waals surface area contributed by atoms with Crippen molar-refractivity contribution in [1.82, 2.24) is 14.6 Å². The Kier molecular flexibility index (Phi) is 5.28. The molecular formula is C22H21N5O4. The Morgan fingerprint density at radius 1 is 0.935 bits per heavy atom. The predicted molar refractivity (Wildman–Crippen MR) is 116 cm³/mol. The lowest BCUT2D eigenvalue weighted by atomic mass is 10.1. The van der Waals surface area contributed by atoms with E-state index >= 15 is 0 Å². The summed E-state index contributed by atoms with van der Waals surface area (Å²) in [5, 5.41) is 15.9. The number of H-pyrrole nitrogens is 1. The molecule has 0 aliphatic carbocycles. The number of nitrogens with one attached hydrogen (secondary N) is 2. The lowest BCUT2D eigenvalue weighted by molar-refractivity contribution is 0.355. The number of methoxy groups -OCH3 is 4. The second-order valence-electron chi connectivity index (χ2n) is 6.53. The van der Waals surface area contributed by atoms with Crippen LogP contribution in [0.2, 0.25) is 0 Å². The maximum atomic E-state index is 9.46. The average Bonchev–Trinajstić information content (AvgIpc) is 3.38. The van der Waals surface area contributed by atoms with Gasteiger partial charge in [0.05, 0.1) is 34.1 Å². The summed E-state index contributed by atoms with van der Waals surface area (Å²) in [5.41, 5.74) is 3.05. The van der Waals surface area contributed by atoms with Crippen molar-refractivity contribution >= 4 is 17.2 Å². The molecule has 0 aliphatic rings. The fourth-order valence-corrected chi connectivity index (χ4v) is 3.33. The first-order valence-corrected chi connectivity index (χ1v) is 9.34. The largest absolute Gasteiger partial charge is 0.497 e. The molecule has 31 heavy (non-hydrogen) atoms. The van der Waals surface area contributed by atoms with Crippen LogP contribution in [0.25, 0.3) is 16.9 Å². The molecule has 158 valence electrons. The number of aromatic nitrogens is 3. The van der Waals surface area contributed by atoms with Crippen LogP contribution in [0.4, 0.5) is 11.5 Å². The van der Waals surface area contributed by atoms with Crippen LogP contribution < -0.4 is 24.3 Å². The Hall–Kier alpha value is -4.32. The number of rotatable bonds is 7. The van der Waals surface area contributed by atoms with E-state index in [2.05, 4.69) is 16.5 Å². The summed E-state index contributed by atoms with van der Waals surface area (Å²) in [6.45, 7) is 0. The van der Waals surface area contributed by atoms with Gasteiger partial charge in [-0.15, -0.1) is 0 Å². The van der Waals surface area contributed by atoms with Crippen LogP contribution >= 0.6 is 0 Å². The molecule has 9 heteroatoms. The third-order valence-electron chi connectivity index (χ3n) is 4.90. The first-order valence-electron chi connectivity index (χ1n) is 9.34. The van der Waals surface area contributed by atoms with Gasteiger partial charge in [0, 0.05) is 17.8 Å². The summed E-state index contributed by atoms with van der Waals surface area (Å²) in [4.78, 5) is 4.71. The molecule has 4 aromatic rings. The number of nitriles is 1. The van der Waals surface area contributed by atoms with E-state index in [9.17, 15) is 5.26 Å². The van der Waals surface area contributed by atoms with E-state index < -0.39 is 0 Å². The highest BCUT2D eigenvalue weighted by Crippen LogP contribution is 2.39. The molecule has 0 aliphatic heterocycles. The molecule has 2 aromatic carbocycles. The molecule has 0 radical (unpaired) electrons. The van der Waals surface area contributed by atoms with Crippen molar-refractivity contribution in [3.63, 3.8) is 0 Å². The third kappa shape index (κ3) is 3.44. The fourth-order valence-electron chi connectivity index (χ4n) is 3.33. The highest BCUT2D eigenvalue weighted by Gasteiger charge is 2.20. The number of fused-ring (bicyclic) bond motifs is 1. The Morgan fingerprint density at radius 3 is 2.39 bits per heavy atom. The van der Waals surface area contributed by atoms with Crippen LogP contribution in [-0.2, 0) is 0 Å². The van der Waals surface area contributed by atoms with Gasteiger partial charge < -0.3 is 24.3 Å². The smallest absolute Gasteiger partial charge is 0.173 e. The average molecular weight is 419 g/mol.